The molecule has 16 heavy (non-hydrogen) atoms. The van der Waals surface area contributed by atoms with E-state index in [1.54, 1.807) is 6.92 Å². The highest BCUT2D eigenvalue weighted by atomic mass is 79.9. The van der Waals surface area contributed by atoms with Crippen LogP contribution in [0.5, 0.6) is 0 Å². The van der Waals surface area contributed by atoms with Gasteiger partial charge in [-0.05, 0) is 54.4 Å². The summed E-state index contributed by atoms with van der Waals surface area (Å²) >= 11 is 3.53. The summed E-state index contributed by atoms with van der Waals surface area (Å²) in [5.74, 6) is 0.103. The molecule has 0 saturated heterocycles. The van der Waals surface area contributed by atoms with E-state index in [1.165, 1.54) is 0 Å². The Morgan fingerprint density at radius 3 is 2.50 bits per heavy atom. The van der Waals surface area contributed by atoms with Gasteiger partial charge in [0, 0.05) is 23.1 Å². The Labute approximate surface area is 106 Å². The fraction of sp³-hybridized carbons (Fsp3) is 0.462. The zero-order chi connectivity index (χ0) is 12.1. The van der Waals surface area contributed by atoms with Crippen molar-refractivity contribution >= 4 is 27.4 Å². The molecule has 0 fully saturated rings. The first-order chi connectivity index (χ1) is 7.60. The van der Waals surface area contributed by atoms with E-state index in [2.05, 4.69) is 34.7 Å². The van der Waals surface area contributed by atoms with Crippen molar-refractivity contribution in [1.29, 1.82) is 0 Å². The average Bonchev–Trinajstić information content (AvgIpc) is 2.26. The number of carbonyl (C=O) groups excluding carboxylic acids is 1. The number of halogens is 1. The van der Waals surface area contributed by atoms with Crippen molar-refractivity contribution in [3.63, 3.8) is 0 Å². The number of nitrogens with zero attached hydrogens (tertiary/aromatic N) is 1. The van der Waals surface area contributed by atoms with Crippen molar-refractivity contribution in [3.8, 4) is 0 Å². The third-order valence-electron chi connectivity index (χ3n) is 2.57. The van der Waals surface area contributed by atoms with Crippen molar-refractivity contribution in [2.75, 3.05) is 18.0 Å². The van der Waals surface area contributed by atoms with Crippen molar-refractivity contribution in [3.05, 3.63) is 28.2 Å². The number of anilines is 1. The molecular formula is C13H18BrNO. The zero-order valence-electron chi connectivity index (χ0n) is 10.1. The van der Waals surface area contributed by atoms with E-state index in [9.17, 15) is 4.79 Å². The third kappa shape index (κ3) is 3.08. The number of hydrogen-bond acceptors (Lipinski definition) is 2. The van der Waals surface area contributed by atoms with Gasteiger partial charge in [0.1, 0.15) is 0 Å². The molecule has 0 aliphatic carbocycles. The van der Waals surface area contributed by atoms with Crippen LogP contribution in [0.25, 0.3) is 0 Å². The monoisotopic (exact) mass is 283 g/mol. The summed E-state index contributed by atoms with van der Waals surface area (Å²) in [5, 5.41) is 0. The van der Waals surface area contributed by atoms with Gasteiger partial charge in [0.25, 0.3) is 0 Å². The smallest absolute Gasteiger partial charge is 0.159 e. The van der Waals surface area contributed by atoms with Crippen LogP contribution in [0.3, 0.4) is 0 Å². The van der Waals surface area contributed by atoms with E-state index in [4.69, 9.17) is 0 Å². The minimum absolute atomic E-state index is 0.103. The summed E-state index contributed by atoms with van der Waals surface area (Å²) in [5.41, 5.74) is 1.91. The first-order valence-electron chi connectivity index (χ1n) is 5.65. The molecule has 0 aliphatic rings. The Bertz CT molecular complexity index is 376. The van der Waals surface area contributed by atoms with Gasteiger partial charge >= 0.3 is 0 Å². The van der Waals surface area contributed by atoms with Crippen LogP contribution in [-0.2, 0) is 0 Å². The number of Topliss-reactive ketones (excluding diaryl/α,β-unsaturated/α-hetero) is 1. The van der Waals surface area contributed by atoms with E-state index in [1.807, 2.05) is 18.2 Å². The van der Waals surface area contributed by atoms with Crippen molar-refractivity contribution in [2.24, 2.45) is 0 Å². The number of carbonyl (C=O) groups is 1. The molecule has 1 aromatic carbocycles. The molecule has 2 nitrogen and oxygen atoms in total. The van der Waals surface area contributed by atoms with E-state index in [0.717, 1.165) is 35.2 Å². The molecular weight excluding hydrogens is 266 g/mol. The minimum atomic E-state index is 0.103. The van der Waals surface area contributed by atoms with Crippen LogP contribution < -0.4 is 4.90 Å². The highest BCUT2D eigenvalue weighted by Gasteiger charge is 2.09. The molecule has 1 aromatic rings. The molecule has 0 unspecified atom stereocenters. The Balaban J connectivity index is 3.01. The molecule has 0 bridgehead atoms. The van der Waals surface area contributed by atoms with E-state index < -0.39 is 0 Å². The van der Waals surface area contributed by atoms with Gasteiger partial charge < -0.3 is 4.90 Å². The highest BCUT2D eigenvalue weighted by Crippen LogP contribution is 2.27. The molecule has 0 amide bonds. The second kappa shape index (κ2) is 6.04. The number of benzene rings is 1. The summed E-state index contributed by atoms with van der Waals surface area (Å²) in [6.07, 6.45) is 1.12. The average molecular weight is 284 g/mol. The molecule has 88 valence electrons. The Kier molecular flexibility index (Phi) is 5.00. The second-order valence-electron chi connectivity index (χ2n) is 3.80. The van der Waals surface area contributed by atoms with Gasteiger partial charge in [-0.15, -0.1) is 0 Å². The van der Waals surface area contributed by atoms with Crippen LogP contribution in [0.1, 0.15) is 37.6 Å². The summed E-state index contributed by atoms with van der Waals surface area (Å²) in [6.45, 7) is 7.91. The van der Waals surface area contributed by atoms with Gasteiger partial charge in [-0.3, -0.25) is 4.79 Å². The molecule has 0 aliphatic heterocycles. The SMILES string of the molecule is CCCN(CC)c1ccc(C(C)=O)cc1Br. The Hall–Kier alpha value is -0.830. The van der Waals surface area contributed by atoms with Gasteiger partial charge in [-0.1, -0.05) is 6.92 Å². The molecule has 1 rings (SSSR count). The molecule has 3 heteroatoms. The molecule has 0 saturated carbocycles. The Morgan fingerprint density at radius 2 is 2.06 bits per heavy atom. The summed E-state index contributed by atoms with van der Waals surface area (Å²) in [4.78, 5) is 13.5. The lowest BCUT2D eigenvalue weighted by atomic mass is 10.1. The van der Waals surface area contributed by atoms with Gasteiger partial charge in [0.15, 0.2) is 5.78 Å². The summed E-state index contributed by atoms with van der Waals surface area (Å²) in [7, 11) is 0. The van der Waals surface area contributed by atoms with Crippen LogP contribution in [-0.4, -0.2) is 18.9 Å². The van der Waals surface area contributed by atoms with Crippen molar-refractivity contribution < 1.29 is 4.79 Å². The topological polar surface area (TPSA) is 20.3 Å². The normalized spacial score (nSPS) is 10.2. The quantitative estimate of drug-likeness (QED) is 0.765. The van der Waals surface area contributed by atoms with Gasteiger partial charge in [0.2, 0.25) is 0 Å². The standard InChI is InChI=1S/C13H18BrNO/c1-4-8-15(5-2)13-7-6-11(10(3)16)9-12(13)14/h6-7,9H,4-5,8H2,1-3H3. The van der Waals surface area contributed by atoms with Crippen LogP contribution in [0.15, 0.2) is 22.7 Å². The largest absolute Gasteiger partial charge is 0.371 e. The molecule has 0 radical (unpaired) electrons. The van der Waals surface area contributed by atoms with Gasteiger partial charge in [-0.2, -0.15) is 0 Å². The summed E-state index contributed by atoms with van der Waals surface area (Å²) < 4.78 is 0.996. The minimum Gasteiger partial charge on any atom is -0.371 e. The molecule has 0 heterocycles. The van der Waals surface area contributed by atoms with Crippen molar-refractivity contribution in [2.45, 2.75) is 27.2 Å². The van der Waals surface area contributed by atoms with Crippen LogP contribution >= 0.6 is 15.9 Å². The highest BCUT2D eigenvalue weighted by molar-refractivity contribution is 9.10. The van der Waals surface area contributed by atoms with Crippen LogP contribution in [0, 0.1) is 0 Å². The van der Waals surface area contributed by atoms with Gasteiger partial charge in [-0.25, -0.2) is 0 Å². The van der Waals surface area contributed by atoms with Gasteiger partial charge in [0.05, 0.1) is 5.69 Å². The lowest BCUT2D eigenvalue weighted by Gasteiger charge is -2.23. The predicted molar refractivity (Wildman–Crippen MR) is 72.3 cm³/mol. The molecule has 0 atom stereocenters. The lowest BCUT2D eigenvalue weighted by molar-refractivity contribution is 0.101. The third-order valence-corrected chi connectivity index (χ3v) is 3.21. The first kappa shape index (κ1) is 13.2. The second-order valence-corrected chi connectivity index (χ2v) is 4.66. The Morgan fingerprint density at radius 1 is 1.38 bits per heavy atom. The molecule has 0 N–H and O–H groups in total. The number of hydrogen-bond donors (Lipinski definition) is 0. The number of ketones is 1. The fourth-order valence-corrected chi connectivity index (χ4v) is 2.33. The maximum absolute atomic E-state index is 11.2. The predicted octanol–water partition coefficient (Wildman–Crippen LogP) is 3.89. The zero-order valence-corrected chi connectivity index (χ0v) is 11.7. The van der Waals surface area contributed by atoms with Crippen LogP contribution in [0.4, 0.5) is 5.69 Å². The maximum atomic E-state index is 11.2. The van der Waals surface area contributed by atoms with E-state index >= 15 is 0 Å². The van der Waals surface area contributed by atoms with E-state index in [0.29, 0.717) is 0 Å². The van der Waals surface area contributed by atoms with Crippen LogP contribution in [0.2, 0.25) is 0 Å². The first-order valence-corrected chi connectivity index (χ1v) is 6.44. The number of rotatable bonds is 5. The lowest BCUT2D eigenvalue weighted by Crippen LogP contribution is -2.23. The van der Waals surface area contributed by atoms with E-state index in [-0.39, 0.29) is 5.78 Å². The van der Waals surface area contributed by atoms with Crippen molar-refractivity contribution in [1.82, 2.24) is 0 Å². The fourth-order valence-electron chi connectivity index (χ4n) is 1.70. The molecule has 0 aromatic heterocycles. The molecule has 0 spiro atoms. The maximum Gasteiger partial charge on any atom is 0.159 e. The summed E-state index contributed by atoms with van der Waals surface area (Å²) in [6, 6.07) is 5.80.